The molecule has 18 heavy (non-hydrogen) atoms. The number of hydrogen-bond donors (Lipinski definition) is 1. The largest absolute Gasteiger partial charge is 0.494 e. The molecule has 0 aliphatic carbocycles. The Morgan fingerprint density at radius 3 is 2.78 bits per heavy atom. The maximum Gasteiger partial charge on any atom is 0.340 e. The zero-order valence-electron chi connectivity index (χ0n) is 10.0. The lowest BCUT2D eigenvalue weighted by Crippen LogP contribution is -2.06. The lowest BCUT2D eigenvalue weighted by atomic mass is 10.0. The molecule has 0 amide bonds. The summed E-state index contributed by atoms with van der Waals surface area (Å²) in [6, 6.07) is 3.89. The second-order valence-corrected chi connectivity index (χ2v) is 3.79. The molecule has 1 aromatic carbocycles. The molecule has 2 aromatic rings. The normalized spacial score (nSPS) is 10.6. The molecule has 0 atom stereocenters. The predicted molar refractivity (Wildman–Crippen MR) is 64.6 cm³/mol. The summed E-state index contributed by atoms with van der Waals surface area (Å²) in [5, 5.41) is 9.52. The number of fused-ring (bicyclic) bond motifs is 1. The molecule has 0 radical (unpaired) electrons. The van der Waals surface area contributed by atoms with E-state index in [1.54, 1.807) is 0 Å². The van der Waals surface area contributed by atoms with E-state index in [9.17, 15) is 14.3 Å². The maximum absolute atomic E-state index is 13.2. The van der Waals surface area contributed by atoms with Gasteiger partial charge in [-0.2, -0.15) is 0 Å². The van der Waals surface area contributed by atoms with Gasteiger partial charge < -0.3 is 9.84 Å². The van der Waals surface area contributed by atoms with Gasteiger partial charge in [0.2, 0.25) is 0 Å². The fraction of sp³-hybridized carbons (Fsp3) is 0.231. The number of carboxylic acids is 1. The van der Waals surface area contributed by atoms with E-state index in [2.05, 4.69) is 4.98 Å². The summed E-state index contributed by atoms with van der Waals surface area (Å²) in [5.41, 5.74) is 0.958. The number of halogens is 1. The third-order valence-electron chi connectivity index (χ3n) is 2.73. The van der Waals surface area contributed by atoms with Crippen molar-refractivity contribution < 1.29 is 19.0 Å². The van der Waals surface area contributed by atoms with Crippen molar-refractivity contribution in [1.82, 2.24) is 4.98 Å². The van der Waals surface area contributed by atoms with Crippen LogP contribution in [0.5, 0.6) is 5.75 Å². The molecule has 0 saturated heterocycles. The minimum absolute atomic E-state index is 0.0427. The Morgan fingerprint density at radius 2 is 2.22 bits per heavy atom. The van der Waals surface area contributed by atoms with Crippen LogP contribution in [0.4, 0.5) is 4.39 Å². The summed E-state index contributed by atoms with van der Waals surface area (Å²) in [5.74, 6) is -1.46. The molecule has 0 saturated carbocycles. The molecule has 0 bridgehead atoms. The van der Waals surface area contributed by atoms with Gasteiger partial charge in [0, 0.05) is 5.39 Å². The summed E-state index contributed by atoms with van der Waals surface area (Å²) in [7, 11) is 1.38. The summed E-state index contributed by atoms with van der Waals surface area (Å²) < 4.78 is 18.3. The first kappa shape index (κ1) is 12.3. The first-order valence-corrected chi connectivity index (χ1v) is 5.47. The number of carboxylic acid groups (broad SMARTS) is 1. The van der Waals surface area contributed by atoms with Crippen molar-refractivity contribution in [2.75, 3.05) is 7.11 Å². The topological polar surface area (TPSA) is 59.4 Å². The van der Waals surface area contributed by atoms with Crippen LogP contribution in [0.2, 0.25) is 0 Å². The van der Waals surface area contributed by atoms with Crippen molar-refractivity contribution in [3.63, 3.8) is 0 Å². The molecule has 0 spiro atoms. The molecule has 4 nitrogen and oxygen atoms in total. The number of aryl methyl sites for hydroxylation is 1. The second kappa shape index (κ2) is 4.60. The van der Waals surface area contributed by atoms with Crippen LogP contribution < -0.4 is 4.74 Å². The predicted octanol–water partition coefficient (Wildman–Crippen LogP) is 2.64. The molecule has 0 aliphatic rings. The van der Waals surface area contributed by atoms with E-state index in [4.69, 9.17) is 4.74 Å². The number of hydrogen-bond acceptors (Lipinski definition) is 3. The van der Waals surface area contributed by atoms with E-state index < -0.39 is 11.8 Å². The number of ether oxygens (including phenoxy) is 1. The number of aromatic carboxylic acids is 1. The third-order valence-corrected chi connectivity index (χ3v) is 2.73. The zero-order valence-corrected chi connectivity index (χ0v) is 10.0. The molecular weight excluding hydrogens is 237 g/mol. The summed E-state index contributed by atoms with van der Waals surface area (Å²) in [6.45, 7) is 1.85. The molecule has 1 N–H and O–H groups in total. The number of pyridine rings is 1. The van der Waals surface area contributed by atoms with E-state index in [0.29, 0.717) is 17.6 Å². The molecule has 5 heteroatoms. The highest BCUT2D eigenvalue weighted by Crippen LogP contribution is 2.30. The fourth-order valence-corrected chi connectivity index (χ4v) is 1.94. The number of nitrogens with zero attached hydrogens (tertiary/aromatic N) is 1. The maximum atomic E-state index is 13.2. The molecule has 1 aromatic heterocycles. The average Bonchev–Trinajstić information content (AvgIpc) is 2.35. The average molecular weight is 249 g/mol. The Hall–Kier alpha value is -2.17. The quantitative estimate of drug-likeness (QED) is 0.908. The fourth-order valence-electron chi connectivity index (χ4n) is 1.94. The monoisotopic (exact) mass is 249 g/mol. The minimum atomic E-state index is -1.15. The highest BCUT2D eigenvalue weighted by Gasteiger charge is 2.20. The van der Waals surface area contributed by atoms with Crippen LogP contribution in [0.3, 0.4) is 0 Å². The lowest BCUT2D eigenvalue weighted by Gasteiger charge is -2.12. The van der Waals surface area contributed by atoms with E-state index in [1.807, 2.05) is 6.92 Å². The van der Waals surface area contributed by atoms with Crippen molar-refractivity contribution in [2.45, 2.75) is 13.3 Å². The molecule has 94 valence electrons. The van der Waals surface area contributed by atoms with Crippen LogP contribution in [0, 0.1) is 5.82 Å². The Bertz CT molecular complexity index is 625. The molecule has 0 fully saturated rings. The van der Waals surface area contributed by atoms with Crippen LogP contribution in [0.1, 0.15) is 23.0 Å². The van der Waals surface area contributed by atoms with E-state index in [0.717, 1.165) is 6.07 Å². The van der Waals surface area contributed by atoms with Crippen molar-refractivity contribution in [2.24, 2.45) is 0 Å². The standard InChI is InChI=1S/C13H12FNO3/c1-3-9-12(18-2)11(13(16)17)8-6-7(14)4-5-10(8)15-9/h4-6H,3H2,1-2H3,(H,16,17). The SMILES string of the molecule is CCc1nc2ccc(F)cc2c(C(=O)O)c1OC. The Kier molecular flexibility index (Phi) is 3.14. The Labute approximate surface area is 103 Å². The van der Waals surface area contributed by atoms with Crippen LogP contribution in [0.25, 0.3) is 10.9 Å². The van der Waals surface area contributed by atoms with Crippen LogP contribution >= 0.6 is 0 Å². The first-order valence-electron chi connectivity index (χ1n) is 5.47. The van der Waals surface area contributed by atoms with Crippen molar-refractivity contribution in [3.05, 3.63) is 35.3 Å². The molecule has 0 aliphatic heterocycles. The van der Waals surface area contributed by atoms with E-state index in [-0.39, 0.29) is 16.7 Å². The Balaban J connectivity index is 2.93. The van der Waals surface area contributed by atoms with Crippen LogP contribution in [-0.4, -0.2) is 23.2 Å². The number of benzene rings is 1. The highest BCUT2D eigenvalue weighted by molar-refractivity contribution is 6.05. The lowest BCUT2D eigenvalue weighted by molar-refractivity contribution is 0.0695. The van der Waals surface area contributed by atoms with Gasteiger partial charge in [0.1, 0.15) is 11.4 Å². The van der Waals surface area contributed by atoms with Gasteiger partial charge in [-0.05, 0) is 24.6 Å². The van der Waals surface area contributed by atoms with Gasteiger partial charge in [-0.25, -0.2) is 14.2 Å². The smallest absolute Gasteiger partial charge is 0.340 e. The summed E-state index contributed by atoms with van der Waals surface area (Å²) in [4.78, 5) is 15.6. The zero-order chi connectivity index (χ0) is 13.3. The van der Waals surface area contributed by atoms with Crippen LogP contribution in [0.15, 0.2) is 18.2 Å². The Morgan fingerprint density at radius 1 is 1.50 bits per heavy atom. The second-order valence-electron chi connectivity index (χ2n) is 3.79. The molecular formula is C13H12FNO3. The van der Waals surface area contributed by atoms with Gasteiger partial charge in [0.05, 0.1) is 18.3 Å². The van der Waals surface area contributed by atoms with Crippen LogP contribution in [-0.2, 0) is 6.42 Å². The molecule has 0 unspecified atom stereocenters. The molecule has 1 heterocycles. The molecule has 2 rings (SSSR count). The van der Waals surface area contributed by atoms with Gasteiger partial charge in [0.25, 0.3) is 0 Å². The van der Waals surface area contributed by atoms with Gasteiger partial charge in [-0.3, -0.25) is 0 Å². The van der Waals surface area contributed by atoms with Crippen molar-refractivity contribution in [3.8, 4) is 5.75 Å². The van der Waals surface area contributed by atoms with Gasteiger partial charge in [-0.15, -0.1) is 0 Å². The minimum Gasteiger partial charge on any atom is -0.494 e. The number of aromatic nitrogens is 1. The van der Waals surface area contributed by atoms with E-state index in [1.165, 1.54) is 19.2 Å². The van der Waals surface area contributed by atoms with Crippen molar-refractivity contribution >= 4 is 16.9 Å². The van der Waals surface area contributed by atoms with Crippen molar-refractivity contribution in [1.29, 1.82) is 0 Å². The summed E-state index contributed by atoms with van der Waals surface area (Å²) >= 11 is 0. The number of rotatable bonds is 3. The van der Waals surface area contributed by atoms with Gasteiger partial charge in [-0.1, -0.05) is 6.92 Å². The van der Waals surface area contributed by atoms with Gasteiger partial charge >= 0.3 is 5.97 Å². The van der Waals surface area contributed by atoms with E-state index >= 15 is 0 Å². The first-order chi connectivity index (χ1) is 8.58. The highest BCUT2D eigenvalue weighted by atomic mass is 19.1. The van der Waals surface area contributed by atoms with Gasteiger partial charge in [0.15, 0.2) is 5.75 Å². The third kappa shape index (κ3) is 1.88. The number of methoxy groups -OCH3 is 1. The summed E-state index contributed by atoms with van der Waals surface area (Å²) in [6.07, 6.45) is 0.538. The number of carbonyl (C=O) groups is 1.